The summed E-state index contributed by atoms with van der Waals surface area (Å²) in [6, 6.07) is 7.91. The number of ether oxygens (including phenoxy) is 2. The Hall–Kier alpha value is -3.37. The van der Waals surface area contributed by atoms with Gasteiger partial charge in [-0.25, -0.2) is 19.3 Å². The molecule has 36 heavy (non-hydrogen) atoms. The van der Waals surface area contributed by atoms with Gasteiger partial charge in [0.15, 0.2) is 5.82 Å². The molecule has 0 saturated carbocycles. The largest absolute Gasteiger partial charge is 0.347 e. The van der Waals surface area contributed by atoms with Crippen LogP contribution in [0.3, 0.4) is 0 Å². The fraction of sp³-hybridized carbons (Fsp3) is 0.462. The van der Waals surface area contributed by atoms with E-state index in [9.17, 15) is 9.18 Å². The summed E-state index contributed by atoms with van der Waals surface area (Å²) < 4.78 is 25.7. The molecule has 0 unspecified atom stereocenters. The van der Waals surface area contributed by atoms with E-state index < -0.39 is 11.7 Å². The van der Waals surface area contributed by atoms with Gasteiger partial charge in [-0.15, -0.1) is 0 Å². The highest BCUT2D eigenvalue weighted by Gasteiger charge is 2.43. The molecule has 4 heterocycles. The topological polar surface area (TPSA) is 96.5 Å². The summed E-state index contributed by atoms with van der Waals surface area (Å²) in [5.41, 5.74) is 1.86. The van der Waals surface area contributed by atoms with Gasteiger partial charge in [0.05, 0.1) is 35.7 Å². The Morgan fingerprint density at radius 1 is 1.08 bits per heavy atom. The van der Waals surface area contributed by atoms with Crippen molar-refractivity contribution in [1.29, 1.82) is 0 Å². The first-order valence-corrected chi connectivity index (χ1v) is 12.2. The van der Waals surface area contributed by atoms with E-state index in [0.717, 1.165) is 37.9 Å². The number of piperidine rings is 1. The Kier molecular flexibility index (Phi) is 6.72. The van der Waals surface area contributed by atoms with E-state index in [1.54, 1.807) is 24.4 Å². The van der Waals surface area contributed by atoms with Crippen molar-refractivity contribution in [2.24, 2.45) is 5.41 Å². The van der Waals surface area contributed by atoms with E-state index in [0.29, 0.717) is 28.9 Å². The van der Waals surface area contributed by atoms with E-state index in [4.69, 9.17) is 14.5 Å². The molecule has 9 nitrogen and oxygen atoms in total. The van der Waals surface area contributed by atoms with Crippen LogP contribution in [0.15, 0.2) is 36.5 Å². The molecule has 0 atom stereocenters. The first kappa shape index (κ1) is 24.3. The third-order valence-corrected chi connectivity index (χ3v) is 6.63. The number of nitrogens with zero attached hydrogens (tertiary/aromatic N) is 5. The molecule has 10 heteroatoms. The zero-order chi connectivity index (χ0) is 25.3. The quantitative estimate of drug-likeness (QED) is 0.576. The van der Waals surface area contributed by atoms with Crippen LogP contribution in [0.2, 0.25) is 0 Å². The van der Waals surface area contributed by atoms with Gasteiger partial charge in [0, 0.05) is 38.9 Å². The second-order valence-corrected chi connectivity index (χ2v) is 9.86. The number of rotatable bonds is 5. The third kappa shape index (κ3) is 4.83. The normalized spacial score (nSPS) is 22.4. The number of likely N-dealkylation sites (tertiary alicyclic amines) is 1. The van der Waals surface area contributed by atoms with Gasteiger partial charge in [-0.1, -0.05) is 0 Å². The van der Waals surface area contributed by atoms with E-state index >= 15 is 0 Å². The number of aromatic nitrogens is 4. The van der Waals surface area contributed by atoms with Crippen molar-refractivity contribution in [1.82, 2.24) is 24.8 Å². The van der Waals surface area contributed by atoms with Crippen molar-refractivity contribution in [3.8, 4) is 22.6 Å². The summed E-state index contributed by atoms with van der Waals surface area (Å²) in [7, 11) is 3.73. The van der Waals surface area contributed by atoms with Crippen LogP contribution in [-0.2, 0) is 14.3 Å². The van der Waals surface area contributed by atoms with Crippen LogP contribution in [-0.4, -0.2) is 71.1 Å². The zero-order valence-electron chi connectivity index (χ0n) is 20.8. The number of halogens is 1. The number of amides is 1. The number of hydrogen-bond donors (Lipinski definition) is 1. The molecule has 0 radical (unpaired) electrons. The van der Waals surface area contributed by atoms with Crippen molar-refractivity contribution in [2.45, 2.75) is 32.5 Å². The molecule has 0 aliphatic carbocycles. The number of nitrogens with one attached hydrogen (secondary N) is 1. The molecule has 2 aromatic heterocycles. The van der Waals surface area contributed by atoms with E-state index in [1.165, 1.54) is 12.1 Å². The van der Waals surface area contributed by atoms with Gasteiger partial charge >= 0.3 is 0 Å². The number of H-pyrrole nitrogens is 1. The Morgan fingerprint density at radius 2 is 1.78 bits per heavy atom. The number of aromatic amines is 1. The Morgan fingerprint density at radius 3 is 2.44 bits per heavy atom. The van der Waals surface area contributed by atoms with Crippen molar-refractivity contribution in [3.05, 3.63) is 48.2 Å². The molecule has 2 fully saturated rings. The SMILES string of the molecule is CN(C)c1nccc(-c2[nH]c(C3OCC(C)(C(=O)N4CCCCC4)CO3)nc2-c2ccc(F)cc2)n1. The maximum absolute atomic E-state index is 13.6. The minimum atomic E-state index is -0.768. The van der Waals surface area contributed by atoms with Crippen molar-refractivity contribution >= 4 is 11.9 Å². The van der Waals surface area contributed by atoms with Crippen LogP contribution in [0.1, 0.15) is 38.3 Å². The molecule has 5 rings (SSSR count). The highest BCUT2D eigenvalue weighted by atomic mass is 19.1. The van der Waals surface area contributed by atoms with Crippen LogP contribution >= 0.6 is 0 Å². The van der Waals surface area contributed by atoms with Gasteiger partial charge in [0.1, 0.15) is 5.82 Å². The molecule has 2 aliphatic heterocycles. The second kappa shape index (κ2) is 9.94. The van der Waals surface area contributed by atoms with E-state index in [2.05, 4.69) is 15.0 Å². The summed E-state index contributed by atoms with van der Waals surface area (Å²) in [4.78, 5) is 33.9. The lowest BCUT2D eigenvalue weighted by Crippen LogP contribution is -2.51. The van der Waals surface area contributed by atoms with Gasteiger partial charge < -0.3 is 24.3 Å². The minimum Gasteiger partial charge on any atom is -0.347 e. The molecular weight excluding hydrogens is 463 g/mol. The molecule has 0 bridgehead atoms. The molecule has 3 aromatic rings. The Balaban J connectivity index is 1.42. The molecule has 190 valence electrons. The molecular formula is C26H31FN6O3. The lowest BCUT2D eigenvalue weighted by atomic mass is 9.89. The van der Waals surface area contributed by atoms with E-state index in [-0.39, 0.29) is 24.9 Å². The number of anilines is 1. The van der Waals surface area contributed by atoms with Gasteiger partial charge in [-0.05, 0) is 56.5 Å². The standard InChI is InChI=1S/C26H31FN6O3/c1-26(24(34)33-13-5-4-6-14-33)15-35-23(36-16-26)22-30-20(17-7-9-18(27)10-8-17)21(31-22)19-11-12-28-25(29-19)32(2)3/h7-12,23H,4-6,13-16H2,1-3H3,(H,30,31). The number of carbonyl (C=O) groups excluding carboxylic acids is 1. The minimum absolute atomic E-state index is 0.0741. The summed E-state index contributed by atoms with van der Waals surface area (Å²) in [5, 5.41) is 0. The number of benzene rings is 1. The molecule has 1 amide bonds. The monoisotopic (exact) mass is 494 g/mol. The summed E-state index contributed by atoms with van der Waals surface area (Å²) in [6.07, 6.45) is 4.14. The van der Waals surface area contributed by atoms with Crippen molar-refractivity contribution in [3.63, 3.8) is 0 Å². The number of carbonyl (C=O) groups is 1. The van der Waals surface area contributed by atoms with Crippen LogP contribution in [0.5, 0.6) is 0 Å². The van der Waals surface area contributed by atoms with Gasteiger partial charge in [-0.2, -0.15) is 0 Å². The first-order chi connectivity index (χ1) is 17.3. The molecule has 2 saturated heterocycles. The Bertz CT molecular complexity index is 1210. The van der Waals surface area contributed by atoms with Crippen molar-refractivity contribution < 1.29 is 18.7 Å². The zero-order valence-corrected chi connectivity index (χ0v) is 20.8. The average Bonchev–Trinajstić information content (AvgIpc) is 3.35. The fourth-order valence-corrected chi connectivity index (χ4v) is 4.58. The van der Waals surface area contributed by atoms with Gasteiger partial charge in [-0.3, -0.25) is 4.79 Å². The van der Waals surface area contributed by atoms with Gasteiger partial charge in [0.25, 0.3) is 0 Å². The van der Waals surface area contributed by atoms with E-state index in [1.807, 2.05) is 30.8 Å². The smallest absolute Gasteiger partial charge is 0.233 e. The number of hydrogen-bond acceptors (Lipinski definition) is 7. The summed E-state index contributed by atoms with van der Waals surface area (Å²) in [5.74, 6) is 0.752. The third-order valence-electron chi connectivity index (χ3n) is 6.63. The maximum atomic E-state index is 13.6. The van der Waals surface area contributed by atoms with Crippen LogP contribution < -0.4 is 4.90 Å². The summed E-state index contributed by atoms with van der Waals surface area (Å²) in [6.45, 7) is 3.92. The Labute approximate surface area is 209 Å². The fourth-order valence-electron chi connectivity index (χ4n) is 4.58. The highest BCUT2D eigenvalue weighted by Crippen LogP contribution is 2.36. The molecule has 0 spiro atoms. The average molecular weight is 495 g/mol. The maximum Gasteiger partial charge on any atom is 0.233 e. The van der Waals surface area contributed by atoms with Crippen molar-refractivity contribution in [2.75, 3.05) is 45.3 Å². The molecule has 1 aromatic carbocycles. The number of imidazole rings is 1. The predicted octanol–water partition coefficient (Wildman–Crippen LogP) is 3.80. The molecule has 1 N–H and O–H groups in total. The lowest BCUT2D eigenvalue weighted by molar-refractivity contribution is -0.234. The first-order valence-electron chi connectivity index (χ1n) is 12.2. The van der Waals surface area contributed by atoms with Gasteiger partial charge in [0.2, 0.25) is 18.1 Å². The predicted molar refractivity (Wildman–Crippen MR) is 133 cm³/mol. The van der Waals surface area contributed by atoms with Crippen LogP contribution in [0.25, 0.3) is 22.6 Å². The lowest BCUT2D eigenvalue weighted by Gasteiger charge is -2.40. The highest BCUT2D eigenvalue weighted by molar-refractivity contribution is 5.83. The molecule has 2 aliphatic rings. The van der Waals surface area contributed by atoms with Crippen LogP contribution in [0, 0.1) is 11.2 Å². The second-order valence-electron chi connectivity index (χ2n) is 9.86. The van der Waals surface area contributed by atoms with Crippen LogP contribution in [0.4, 0.5) is 10.3 Å². The summed E-state index contributed by atoms with van der Waals surface area (Å²) >= 11 is 0.